The van der Waals surface area contributed by atoms with E-state index in [0.717, 1.165) is 44.1 Å². The molecule has 0 aliphatic carbocycles. The van der Waals surface area contributed by atoms with E-state index in [1.807, 2.05) is 22.4 Å². The standard InChI is InChI=1S/C16H21N5O2S/c1-11(15-18-14(19-23-15)13-3-2-8-24-13)20-4-6-21(7-5-20)16(22)12-9-17-10-12/h2-3,8,11-12,17H,4-7,9-10H2,1H3. The number of amides is 1. The molecule has 1 atom stereocenters. The summed E-state index contributed by atoms with van der Waals surface area (Å²) in [6.45, 7) is 6.94. The van der Waals surface area contributed by atoms with Crippen molar-refractivity contribution in [2.24, 2.45) is 5.92 Å². The minimum atomic E-state index is 0.0637. The molecule has 128 valence electrons. The lowest BCUT2D eigenvalue weighted by Gasteiger charge is -2.39. The van der Waals surface area contributed by atoms with Gasteiger partial charge in [-0.2, -0.15) is 4.98 Å². The highest BCUT2D eigenvalue weighted by molar-refractivity contribution is 7.13. The van der Waals surface area contributed by atoms with Crippen LogP contribution in [0.3, 0.4) is 0 Å². The van der Waals surface area contributed by atoms with E-state index in [1.165, 1.54) is 0 Å². The lowest BCUT2D eigenvalue weighted by molar-refractivity contribution is -0.139. The van der Waals surface area contributed by atoms with Crippen LogP contribution >= 0.6 is 11.3 Å². The first-order chi connectivity index (χ1) is 11.7. The van der Waals surface area contributed by atoms with Crippen molar-refractivity contribution in [2.45, 2.75) is 13.0 Å². The van der Waals surface area contributed by atoms with Crippen molar-refractivity contribution in [3.05, 3.63) is 23.4 Å². The second-order valence-corrected chi connectivity index (χ2v) is 7.27. The lowest BCUT2D eigenvalue weighted by atomic mass is 10.0. The molecule has 0 spiro atoms. The molecule has 2 aliphatic rings. The number of thiophene rings is 1. The molecule has 0 saturated carbocycles. The molecule has 2 fully saturated rings. The molecular formula is C16H21N5O2S. The summed E-state index contributed by atoms with van der Waals surface area (Å²) in [6.07, 6.45) is 0. The van der Waals surface area contributed by atoms with Gasteiger partial charge in [-0.05, 0) is 18.4 Å². The normalized spacial score (nSPS) is 20.8. The van der Waals surface area contributed by atoms with Crippen LogP contribution in [0.4, 0.5) is 0 Å². The summed E-state index contributed by atoms with van der Waals surface area (Å²) in [4.78, 5) is 22.1. The van der Waals surface area contributed by atoms with Crippen LogP contribution < -0.4 is 5.32 Å². The Hall–Kier alpha value is -1.77. The van der Waals surface area contributed by atoms with E-state index >= 15 is 0 Å². The second-order valence-electron chi connectivity index (χ2n) is 6.33. The van der Waals surface area contributed by atoms with E-state index in [2.05, 4.69) is 27.3 Å². The average molecular weight is 347 g/mol. The molecule has 8 heteroatoms. The van der Waals surface area contributed by atoms with Crippen LogP contribution in [0.1, 0.15) is 18.9 Å². The van der Waals surface area contributed by atoms with Gasteiger partial charge >= 0.3 is 0 Å². The Bertz CT molecular complexity index is 689. The third-order valence-electron chi connectivity index (χ3n) is 4.85. The van der Waals surface area contributed by atoms with E-state index < -0.39 is 0 Å². The molecule has 2 aliphatic heterocycles. The van der Waals surface area contributed by atoms with Gasteiger partial charge in [-0.3, -0.25) is 9.69 Å². The van der Waals surface area contributed by atoms with Gasteiger partial charge in [0.2, 0.25) is 17.6 Å². The van der Waals surface area contributed by atoms with Crippen molar-refractivity contribution in [3.8, 4) is 10.7 Å². The summed E-state index contributed by atoms with van der Waals surface area (Å²) >= 11 is 1.60. The van der Waals surface area contributed by atoms with E-state index in [9.17, 15) is 4.79 Å². The van der Waals surface area contributed by atoms with Gasteiger partial charge in [-0.25, -0.2) is 0 Å². The summed E-state index contributed by atoms with van der Waals surface area (Å²) in [5, 5.41) is 9.25. The number of piperazine rings is 1. The highest BCUT2D eigenvalue weighted by Gasteiger charge is 2.33. The van der Waals surface area contributed by atoms with Crippen LogP contribution in [-0.4, -0.2) is 65.1 Å². The minimum absolute atomic E-state index is 0.0637. The molecule has 0 bridgehead atoms. The van der Waals surface area contributed by atoms with E-state index in [1.54, 1.807) is 11.3 Å². The summed E-state index contributed by atoms with van der Waals surface area (Å²) in [5.74, 6) is 1.76. The fraction of sp³-hybridized carbons (Fsp3) is 0.562. The number of carbonyl (C=O) groups is 1. The smallest absolute Gasteiger partial charge is 0.244 e. The summed E-state index contributed by atoms with van der Waals surface area (Å²) < 4.78 is 5.46. The Morgan fingerprint density at radius 1 is 1.38 bits per heavy atom. The predicted octanol–water partition coefficient (Wildman–Crippen LogP) is 1.22. The number of hydrogen-bond acceptors (Lipinski definition) is 7. The van der Waals surface area contributed by atoms with Gasteiger partial charge in [-0.15, -0.1) is 11.3 Å². The molecule has 2 aromatic heterocycles. The van der Waals surface area contributed by atoms with Crippen molar-refractivity contribution >= 4 is 17.2 Å². The third-order valence-corrected chi connectivity index (χ3v) is 5.71. The maximum Gasteiger partial charge on any atom is 0.244 e. The van der Waals surface area contributed by atoms with E-state index in [4.69, 9.17) is 4.52 Å². The Labute approximate surface area is 144 Å². The molecule has 1 unspecified atom stereocenters. The number of nitrogens with zero attached hydrogens (tertiary/aromatic N) is 4. The summed E-state index contributed by atoms with van der Waals surface area (Å²) in [6, 6.07) is 4.03. The molecule has 7 nitrogen and oxygen atoms in total. The second kappa shape index (κ2) is 6.62. The van der Waals surface area contributed by atoms with E-state index in [0.29, 0.717) is 17.6 Å². The maximum atomic E-state index is 12.3. The van der Waals surface area contributed by atoms with Gasteiger partial charge < -0.3 is 14.7 Å². The van der Waals surface area contributed by atoms with Crippen molar-refractivity contribution in [2.75, 3.05) is 39.3 Å². The number of rotatable bonds is 4. The van der Waals surface area contributed by atoms with E-state index in [-0.39, 0.29) is 12.0 Å². The van der Waals surface area contributed by atoms with Gasteiger partial charge in [0.1, 0.15) is 0 Å². The van der Waals surface area contributed by atoms with Crippen molar-refractivity contribution < 1.29 is 9.32 Å². The fourth-order valence-corrected chi connectivity index (χ4v) is 3.77. The molecule has 2 aromatic rings. The largest absolute Gasteiger partial charge is 0.340 e. The summed E-state index contributed by atoms with van der Waals surface area (Å²) in [5.41, 5.74) is 0. The van der Waals surface area contributed by atoms with Crippen LogP contribution in [0.2, 0.25) is 0 Å². The minimum Gasteiger partial charge on any atom is -0.340 e. The van der Waals surface area contributed by atoms with Gasteiger partial charge in [0.15, 0.2) is 0 Å². The molecule has 0 radical (unpaired) electrons. The monoisotopic (exact) mass is 347 g/mol. The Kier molecular flexibility index (Phi) is 4.34. The third kappa shape index (κ3) is 2.97. The molecule has 24 heavy (non-hydrogen) atoms. The molecule has 0 aromatic carbocycles. The highest BCUT2D eigenvalue weighted by Crippen LogP contribution is 2.26. The maximum absolute atomic E-state index is 12.3. The van der Waals surface area contributed by atoms with Crippen molar-refractivity contribution in [1.82, 2.24) is 25.3 Å². The fourth-order valence-electron chi connectivity index (χ4n) is 3.12. The van der Waals surface area contributed by atoms with Crippen molar-refractivity contribution in [3.63, 3.8) is 0 Å². The SMILES string of the molecule is CC(c1nc(-c2cccs2)no1)N1CCN(C(=O)C2CNC2)CC1. The Balaban J connectivity index is 1.36. The predicted molar refractivity (Wildman–Crippen MR) is 90.5 cm³/mol. The molecule has 1 amide bonds. The summed E-state index contributed by atoms with van der Waals surface area (Å²) in [7, 11) is 0. The molecule has 4 heterocycles. The molecule has 2 saturated heterocycles. The van der Waals surface area contributed by atoms with Crippen LogP contribution in [0.15, 0.2) is 22.0 Å². The number of hydrogen-bond donors (Lipinski definition) is 1. The van der Waals surface area contributed by atoms with Gasteiger partial charge in [0, 0.05) is 39.3 Å². The topological polar surface area (TPSA) is 74.5 Å². The molecular weight excluding hydrogens is 326 g/mol. The number of carbonyl (C=O) groups excluding carboxylic acids is 1. The van der Waals surface area contributed by atoms with Crippen LogP contribution in [0.25, 0.3) is 10.7 Å². The highest BCUT2D eigenvalue weighted by atomic mass is 32.1. The lowest BCUT2D eigenvalue weighted by Crippen LogP contribution is -2.56. The van der Waals surface area contributed by atoms with Crippen LogP contribution in [-0.2, 0) is 4.79 Å². The zero-order chi connectivity index (χ0) is 16.5. The van der Waals surface area contributed by atoms with Gasteiger partial charge in [0.05, 0.1) is 16.8 Å². The first-order valence-corrected chi connectivity index (χ1v) is 9.21. The van der Waals surface area contributed by atoms with Gasteiger partial charge in [0.25, 0.3) is 0 Å². The number of nitrogens with one attached hydrogen (secondary N) is 1. The van der Waals surface area contributed by atoms with Crippen LogP contribution in [0.5, 0.6) is 0 Å². The molecule has 4 rings (SSSR count). The van der Waals surface area contributed by atoms with Crippen molar-refractivity contribution in [1.29, 1.82) is 0 Å². The first kappa shape index (κ1) is 15.7. The zero-order valence-electron chi connectivity index (χ0n) is 13.6. The number of aromatic nitrogens is 2. The quantitative estimate of drug-likeness (QED) is 0.896. The Morgan fingerprint density at radius 2 is 2.17 bits per heavy atom. The average Bonchev–Trinajstić information content (AvgIpc) is 3.23. The van der Waals surface area contributed by atoms with Crippen LogP contribution in [0, 0.1) is 5.92 Å². The van der Waals surface area contributed by atoms with Gasteiger partial charge in [-0.1, -0.05) is 11.2 Å². The zero-order valence-corrected chi connectivity index (χ0v) is 14.5. The first-order valence-electron chi connectivity index (χ1n) is 8.33. The molecule has 1 N–H and O–H groups in total. The Morgan fingerprint density at radius 3 is 2.79 bits per heavy atom.